The van der Waals surface area contributed by atoms with Crippen LogP contribution in [-0.4, -0.2) is 37.2 Å². The van der Waals surface area contributed by atoms with Crippen molar-refractivity contribution < 1.29 is 28.6 Å². The van der Waals surface area contributed by atoms with Gasteiger partial charge in [0, 0.05) is 19.3 Å². The van der Waals surface area contributed by atoms with Crippen LogP contribution >= 0.6 is 0 Å². The molecule has 0 aromatic rings. The van der Waals surface area contributed by atoms with Crippen LogP contribution in [0.25, 0.3) is 0 Å². The predicted octanol–water partition coefficient (Wildman–Crippen LogP) is 22.8. The van der Waals surface area contributed by atoms with Gasteiger partial charge in [-0.2, -0.15) is 0 Å². The Labute approximate surface area is 488 Å². The van der Waals surface area contributed by atoms with E-state index in [4.69, 9.17) is 14.2 Å². The molecule has 0 aromatic heterocycles. The molecule has 0 aliphatic rings. The van der Waals surface area contributed by atoms with Gasteiger partial charge in [0.25, 0.3) is 0 Å². The van der Waals surface area contributed by atoms with Crippen molar-refractivity contribution in [3.05, 3.63) is 122 Å². The average Bonchev–Trinajstić information content (AvgIpc) is 3.45. The Morgan fingerprint density at radius 1 is 0.266 bits per heavy atom. The molecule has 79 heavy (non-hydrogen) atoms. The number of hydrogen-bond acceptors (Lipinski definition) is 6. The van der Waals surface area contributed by atoms with Crippen molar-refractivity contribution in [1.82, 2.24) is 0 Å². The summed E-state index contributed by atoms with van der Waals surface area (Å²) in [5, 5.41) is 0. The summed E-state index contributed by atoms with van der Waals surface area (Å²) in [7, 11) is 0. The van der Waals surface area contributed by atoms with Gasteiger partial charge in [0.05, 0.1) is 0 Å². The zero-order chi connectivity index (χ0) is 57.1. The fraction of sp³-hybridized carbons (Fsp3) is 0.685. The highest BCUT2D eigenvalue weighted by Gasteiger charge is 2.19. The van der Waals surface area contributed by atoms with E-state index < -0.39 is 6.10 Å². The second-order valence-corrected chi connectivity index (χ2v) is 21.6. The first-order chi connectivity index (χ1) is 39.0. The van der Waals surface area contributed by atoms with Gasteiger partial charge in [0.15, 0.2) is 6.10 Å². The minimum atomic E-state index is -0.803. The van der Waals surface area contributed by atoms with E-state index in [0.717, 1.165) is 148 Å². The quantitative estimate of drug-likeness (QED) is 0.0261. The maximum absolute atomic E-state index is 12.9. The Bertz CT molecular complexity index is 1640. The number of carbonyl (C=O) groups is 3. The van der Waals surface area contributed by atoms with Gasteiger partial charge in [0.2, 0.25) is 0 Å². The van der Waals surface area contributed by atoms with E-state index in [1.807, 2.05) is 0 Å². The van der Waals surface area contributed by atoms with Crippen LogP contribution in [0.2, 0.25) is 0 Å². The first kappa shape index (κ1) is 74.8. The Hall–Kier alpha value is -4.19. The van der Waals surface area contributed by atoms with E-state index in [-0.39, 0.29) is 31.1 Å². The van der Waals surface area contributed by atoms with Gasteiger partial charge in [-0.25, -0.2) is 0 Å². The molecule has 0 amide bonds. The lowest BCUT2D eigenvalue weighted by atomic mass is 10.1. The van der Waals surface area contributed by atoms with Gasteiger partial charge in [-0.3, -0.25) is 14.4 Å². The largest absolute Gasteiger partial charge is 0.462 e. The lowest BCUT2D eigenvalue weighted by Gasteiger charge is -2.18. The summed E-state index contributed by atoms with van der Waals surface area (Å²) < 4.78 is 16.9. The van der Waals surface area contributed by atoms with E-state index >= 15 is 0 Å². The molecule has 0 aliphatic carbocycles. The minimum absolute atomic E-state index is 0.0975. The highest BCUT2D eigenvalue weighted by molar-refractivity contribution is 5.71. The zero-order valence-corrected chi connectivity index (χ0v) is 51.6. The Balaban J connectivity index is 4.48. The number of ether oxygens (including phenoxy) is 3. The normalized spacial score (nSPS) is 12.9. The molecule has 450 valence electrons. The van der Waals surface area contributed by atoms with Crippen LogP contribution in [0.1, 0.15) is 303 Å². The fourth-order valence-corrected chi connectivity index (χ4v) is 8.98. The van der Waals surface area contributed by atoms with E-state index in [9.17, 15) is 14.4 Å². The molecule has 1 unspecified atom stereocenters. The minimum Gasteiger partial charge on any atom is -0.462 e. The van der Waals surface area contributed by atoms with Gasteiger partial charge < -0.3 is 14.2 Å². The molecule has 0 rings (SSSR count). The van der Waals surface area contributed by atoms with Crippen LogP contribution < -0.4 is 0 Å². The predicted molar refractivity (Wildman–Crippen MR) is 343 cm³/mol. The number of rotatable bonds is 59. The maximum Gasteiger partial charge on any atom is 0.306 e. The highest BCUT2D eigenvalue weighted by Crippen LogP contribution is 2.15. The molecule has 6 heteroatoms. The number of hydrogen-bond donors (Lipinski definition) is 0. The van der Waals surface area contributed by atoms with Crippen LogP contribution in [0.5, 0.6) is 0 Å². The summed E-state index contributed by atoms with van der Waals surface area (Å²) >= 11 is 0. The molecule has 0 fully saturated rings. The molecule has 0 aromatic carbocycles. The Morgan fingerprint density at radius 3 is 0.772 bits per heavy atom. The molecule has 0 bridgehead atoms. The molecule has 0 radical (unpaired) electrons. The van der Waals surface area contributed by atoms with Crippen molar-refractivity contribution in [2.24, 2.45) is 0 Å². The zero-order valence-electron chi connectivity index (χ0n) is 51.6. The lowest BCUT2D eigenvalue weighted by molar-refractivity contribution is -0.167. The number of carbonyl (C=O) groups excluding carboxylic acids is 3. The molecular weight excluding hydrogens is 973 g/mol. The van der Waals surface area contributed by atoms with E-state index in [2.05, 4.69) is 142 Å². The molecule has 0 N–H and O–H groups in total. The molecule has 6 nitrogen and oxygen atoms in total. The third-order valence-corrected chi connectivity index (χ3v) is 13.9. The second-order valence-electron chi connectivity index (χ2n) is 21.6. The molecular formula is C73H122O6. The van der Waals surface area contributed by atoms with Gasteiger partial charge in [0.1, 0.15) is 13.2 Å². The van der Waals surface area contributed by atoms with Crippen LogP contribution in [0.4, 0.5) is 0 Å². The molecule has 1 atom stereocenters. The van der Waals surface area contributed by atoms with E-state index in [1.165, 1.54) is 116 Å². The Kier molecular flexibility index (Phi) is 62.8. The molecule has 0 aliphatic heterocycles. The Morgan fingerprint density at radius 2 is 0.494 bits per heavy atom. The molecule has 0 spiro atoms. The van der Waals surface area contributed by atoms with Gasteiger partial charge in [-0.05, 0) is 135 Å². The highest BCUT2D eigenvalue weighted by atomic mass is 16.6. The summed E-state index contributed by atoms with van der Waals surface area (Å²) in [6, 6.07) is 0. The lowest BCUT2D eigenvalue weighted by Crippen LogP contribution is -2.30. The van der Waals surface area contributed by atoms with Gasteiger partial charge >= 0.3 is 17.9 Å². The van der Waals surface area contributed by atoms with Crippen molar-refractivity contribution in [3.63, 3.8) is 0 Å². The monoisotopic (exact) mass is 1090 g/mol. The smallest absolute Gasteiger partial charge is 0.306 e. The van der Waals surface area contributed by atoms with Crippen molar-refractivity contribution in [2.75, 3.05) is 13.2 Å². The summed E-state index contributed by atoms with van der Waals surface area (Å²) in [5.41, 5.74) is 0. The number of allylic oxidation sites excluding steroid dienone is 20. The van der Waals surface area contributed by atoms with Crippen molar-refractivity contribution in [3.8, 4) is 0 Å². The average molecular weight is 1100 g/mol. The molecule has 0 heterocycles. The van der Waals surface area contributed by atoms with Gasteiger partial charge in [-0.1, -0.05) is 271 Å². The topological polar surface area (TPSA) is 78.9 Å². The third-order valence-electron chi connectivity index (χ3n) is 13.9. The van der Waals surface area contributed by atoms with Crippen molar-refractivity contribution in [1.29, 1.82) is 0 Å². The first-order valence-electron chi connectivity index (χ1n) is 33.0. The van der Waals surface area contributed by atoms with Crippen LogP contribution in [0.3, 0.4) is 0 Å². The summed E-state index contributed by atoms with van der Waals surface area (Å²) in [6.07, 6.45) is 91.9. The van der Waals surface area contributed by atoms with Crippen molar-refractivity contribution >= 4 is 17.9 Å². The molecule has 0 saturated heterocycles. The number of esters is 3. The summed E-state index contributed by atoms with van der Waals surface area (Å²) in [5.74, 6) is -0.929. The van der Waals surface area contributed by atoms with Gasteiger partial charge in [-0.15, -0.1) is 0 Å². The third kappa shape index (κ3) is 64.5. The maximum atomic E-state index is 12.9. The summed E-state index contributed by atoms with van der Waals surface area (Å²) in [6.45, 7) is 6.49. The number of unbranched alkanes of at least 4 members (excludes halogenated alkanes) is 28. The van der Waals surface area contributed by atoms with Crippen LogP contribution in [0.15, 0.2) is 122 Å². The molecule has 0 saturated carbocycles. The fourth-order valence-electron chi connectivity index (χ4n) is 8.98. The standard InChI is InChI=1S/C73H122O6/c1-4-7-10-13-16-19-22-25-28-31-34-36-39-42-45-48-51-54-57-60-63-66-72(75)78-69-70(68-77-71(74)65-62-59-56-53-50-47-44-41-38-33-30-27-24-21-18-15-12-9-6-3)79-73(76)67-64-61-58-55-52-49-46-43-40-37-35-32-29-26-23-20-17-14-11-8-5-2/h9,12,18,21-23,25-27,30-32,34-35,38-43,70H,4-8,10-11,13-17,19-20,24,28-29,33,36-37,44-69H2,1-3H3/b12-9-,21-18-,25-22-,26-23-,30-27-,34-31-,35-32-,41-38-,42-39-,43-40-. The first-order valence-corrected chi connectivity index (χ1v) is 33.0. The SMILES string of the molecule is CC/C=C\C/C=C\C/C=C\C/C=C\CCCCCCCCC(=O)OCC(COC(=O)CCCCCCCC/C=C\C/C=C\C/C=C\CCCCCCC)OC(=O)CCCCCCCC/C=C\C/C=C\C/C=C\CCCCCCC. The van der Waals surface area contributed by atoms with E-state index in [0.29, 0.717) is 19.3 Å². The second kappa shape index (κ2) is 66.3. The van der Waals surface area contributed by atoms with Crippen LogP contribution in [-0.2, 0) is 28.6 Å². The van der Waals surface area contributed by atoms with Crippen LogP contribution in [0, 0.1) is 0 Å². The summed E-state index contributed by atoms with van der Waals surface area (Å²) in [4.78, 5) is 38.4. The van der Waals surface area contributed by atoms with Crippen molar-refractivity contribution in [2.45, 2.75) is 309 Å². The van der Waals surface area contributed by atoms with E-state index in [1.54, 1.807) is 0 Å².